The van der Waals surface area contributed by atoms with Crippen LogP contribution in [-0.2, 0) is 9.47 Å². The van der Waals surface area contributed by atoms with E-state index in [2.05, 4.69) is 6.58 Å². The Morgan fingerprint density at radius 2 is 1.61 bits per heavy atom. The van der Waals surface area contributed by atoms with Crippen LogP contribution in [0.3, 0.4) is 0 Å². The van der Waals surface area contributed by atoms with Gasteiger partial charge in [0.1, 0.15) is 6.17 Å². The Morgan fingerprint density at radius 1 is 1.17 bits per heavy atom. The number of rotatable bonds is 4. The first-order chi connectivity index (χ1) is 8.65. The van der Waals surface area contributed by atoms with Gasteiger partial charge in [-0.05, 0) is 13.8 Å². The zero-order valence-corrected chi connectivity index (χ0v) is 10.7. The van der Waals surface area contributed by atoms with Crippen LogP contribution in [-0.4, -0.2) is 41.4 Å². The summed E-state index contributed by atoms with van der Waals surface area (Å²) in [5.74, 6) is 0. The summed E-state index contributed by atoms with van der Waals surface area (Å²) >= 11 is 0. The monoisotopic (exact) mass is 254 g/mol. The standard InChI is InChI=1S/C12H18N2O4/c1-4-7-10-13(11(15)17-5-2)8-9-14(10)12(16)18-6-3/h4,8-10H,1,5-7H2,2-3H3. The van der Waals surface area contributed by atoms with Crippen LogP contribution < -0.4 is 0 Å². The Labute approximate surface area is 106 Å². The first-order valence-electron chi connectivity index (χ1n) is 5.85. The van der Waals surface area contributed by atoms with Crippen LogP contribution in [0.25, 0.3) is 0 Å². The highest BCUT2D eigenvalue weighted by atomic mass is 16.6. The maximum atomic E-state index is 11.7. The second-order valence-electron chi connectivity index (χ2n) is 3.52. The van der Waals surface area contributed by atoms with E-state index < -0.39 is 18.4 Å². The van der Waals surface area contributed by atoms with Gasteiger partial charge in [-0.15, -0.1) is 6.58 Å². The molecule has 0 bridgehead atoms. The summed E-state index contributed by atoms with van der Waals surface area (Å²) in [6.07, 6.45) is 3.62. The van der Waals surface area contributed by atoms with Crippen molar-refractivity contribution >= 4 is 12.2 Å². The number of hydrogen-bond acceptors (Lipinski definition) is 4. The molecule has 1 heterocycles. The molecule has 0 unspecified atom stereocenters. The molecule has 0 spiro atoms. The van der Waals surface area contributed by atoms with Gasteiger partial charge >= 0.3 is 12.2 Å². The van der Waals surface area contributed by atoms with Crippen molar-refractivity contribution in [1.82, 2.24) is 9.80 Å². The van der Waals surface area contributed by atoms with Crippen molar-refractivity contribution in [3.05, 3.63) is 25.1 Å². The van der Waals surface area contributed by atoms with E-state index in [1.165, 1.54) is 22.2 Å². The SMILES string of the molecule is C=CCC1N(C(=O)OCC)C=CN1C(=O)OCC. The average molecular weight is 254 g/mol. The third kappa shape index (κ3) is 3.03. The highest BCUT2D eigenvalue weighted by Crippen LogP contribution is 2.21. The molecule has 6 heteroatoms. The molecule has 0 aromatic heterocycles. The molecule has 0 N–H and O–H groups in total. The third-order valence-electron chi connectivity index (χ3n) is 2.36. The second kappa shape index (κ2) is 6.68. The number of nitrogens with zero attached hydrogens (tertiary/aromatic N) is 2. The summed E-state index contributed by atoms with van der Waals surface area (Å²) in [4.78, 5) is 26.1. The van der Waals surface area contributed by atoms with E-state index in [4.69, 9.17) is 9.47 Å². The zero-order valence-electron chi connectivity index (χ0n) is 10.7. The first kappa shape index (κ1) is 14.1. The molecule has 6 nitrogen and oxygen atoms in total. The van der Waals surface area contributed by atoms with Crippen molar-refractivity contribution < 1.29 is 19.1 Å². The fourth-order valence-electron chi connectivity index (χ4n) is 1.61. The highest BCUT2D eigenvalue weighted by Gasteiger charge is 2.35. The molecule has 0 fully saturated rings. The minimum Gasteiger partial charge on any atom is -0.449 e. The summed E-state index contributed by atoms with van der Waals surface area (Å²) in [6, 6.07) is 0. The Balaban J connectivity index is 2.78. The van der Waals surface area contributed by atoms with Crippen LogP contribution in [0.5, 0.6) is 0 Å². The van der Waals surface area contributed by atoms with Crippen molar-refractivity contribution in [2.24, 2.45) is 0 Å². The van der Waals surface area contributed by atoms with Gasteiger partial charge in [0.2, 0.25) is 0 Å². The Hall–Kier alpha value is -1.98. The normalized spacial score (nSPS) is 14.8. The molecule has 0 aliphatic carbocycles. The van der Waals surface area contributed by atoms with Crippen molar-refractivity contribution in [1.29, 1.82) is 0 Å². The lowest BCUT2D eigenvalue weighted by Gasteiger charge is -2.27. The number of carbonyl (C=O) groups excluding carboxylic acids is 2. The number of amides is 2. The first-order valence-corrected chi connectivity index (χ1v) is 5.85. The minimum absolute atomic E-state index is 0.281. The number of carbonyl (C=O) groups is 2. The summed E-state index contributed by atoms with van der Waals surface area (Å²) in [7, 11) is 0. The fraction of sp³-hybridized carbons (Fsp3) is 0.500. The molecule has 18 heavy (non-hydrogen) atoms. The second-order valence-corrected chi connectivity index (χ2v) is 3.52. The molecule has 0 radical (unpaired) electrons. The zero-order chi connectivity index (χ0) is 13.5. The van der Waals surface area contributed by atoms with Crippen molar-refractivity contribution in [2.45, 2.75) is 26.4 Å². The summed E-state index contributed by atoms with van der Waals surface area (Å²) in [6.45, 7) is 7.63. The molecule has 0 atom stereocenters. The summed E-state index contributed by atoms with van der Waals surface area (Å²) in [5, 5.41) is 0. The van der Waals surface area contributed by atoms with Crippen LogP contribution in [0.15, 0.2) is 25.1 Å². The van der Waals surface area contributed by atoms with E-state index in [1.807, 2.05) is 0 Å². The van der Waals surface area contributed by atoms with Crippen LogP contribution >= 0.6 is 0 Å². The molecule has 100 valence electrons. The van der Waals surface area contributed by atoms with Gasteiger partial charge in [0.25, 0.3) is 0 Å². The molecule has 1 aliphatic heterocycles. The van der Waals surface area contributed by atoms with Gasteiger partial charge in [0.05, 0.1) is 13.2 Å². The molecule has 0 saturated heterocycles. The summed E-state index contributed by atoms with van der Waals surface area (Å²) < 4.78 is 9.83. The smallest absolute Gasteiger partial charge is 0.415 e. The Bertz CT molecular complexity index is 326. The predicted molar refractivity (Wildman–Crippen MR) is 65.5 cm³/mol. The van der Waals surface area contributed by atoms with E-state index in [9.17, 15) is 9.59 Å². The Morgan fingerprint density at radius 3 is 1.94 bits per heavy atom. The number of hydrogen-bond donors (Lipinski definition) is 0. The van der Waals surface area contributed by atoms with Crippen LogP contribution in [0.2, 0.25) is 0 Å². The van der Waals surface area contributed by atoms with E-state index in [1.54, 1.807) is 19.9 Å². The predicted octanol–water partition coefficient (Wildman–Crippen LogP) is 2.29. The lowest BCUT2D eigenvalue weighted by atomic mass is 10.3. The molecule has 0 aromatic carbocycles. The van der Waals surface area contributed by atoms with Crippen LogP contribution in [0.4, 0.5) is 9.59 Å². The number of ether oxygens (including phenoxy) is 2. The molecule has 0 saturated carbocycles. The topological polar surface area (TPSA) is 59.1 Å². The van der Waals surface area contributed by atoms with Gasteiger partial charge in [0.15, 0.2) is 0 Å². The van der Waals surface area contributed by atoms with Crippen molar-refractivity contribution in [3.63, 3.8) is 0 Å². The van der Waals surface area contributed by atoms with E-state index in [0.717, 1.165) is 0 Å². The molecular weight excluding hydrogens is 236 g/mol. The quantitative estimate of drug-likeness (QED) is 0.722. The summed E-state index contributed by atoms with van der Waals surface area (Å²) in [5.41, 5.74) is 0. The molecule has 0 aromatic rings. The molecule has 2 amide bonds. The maximum Gasteiger partial charge on any atom is 0.415 e. The van der Waals surface area contributed by atoms with Gasteiger partial charge in [-0.2, -0.15) is 0 Å². The van der Waals surface area contributed by atoms with Gasteiger partial charge in [0, 0.05) is 18.8 Å². The van der Waals surface area contributed by atoms with Gasteiger partial charge in [-0.1, -0.05) is 6.08 Å². The Kier molecular flexibility index (Phi) is 5.23. The van der Waals surface area contributed by atoms with E-state index >= 15 is 0 Å². The van der Waals surface area contributed by atoms with E-state index in [-0.39, 0.29) is 13.2 Å². The van der Waals surface area contributed by atoms with E-state index in [0.29, 0.717) is 6.42 Å². The molecule has 1 rings (SSSR count). The minimum atomic E-state index is -0.493. The van der Waals surface area contributed by atoms with Crippen LogP contribution in [0.1, 0.15) is 20.3 Å². The lowest BCUT2D eigenvalue weighted by Crippen LogP contribution is -2.44. The van der Waals surface area contributed by atoms with Gasteiger partial charge in [-0.25, -0.2) is 9.59 Å². The van der Waals surface area contributed by atoms with Gasteiger partial charge in [-0.3, -0.25) is 9.80 Å². The van der Waals surface area contributed by atoms with Crippen molar-refractivity contribution in [3.8, 4) is 0 Å². The fourth-order valence-corrected chi connectivity index (χ4v) is 1.61. The third-order valence-corrected chi connectivity index (χ3v) is 2.36. The van der Waals surface area contributed by atoms with Gasteiger partial charge < -0.3 is 9.47 Å². The average Bonchev–Trinajstić information content (AvgIpc) is 2.74. The molecule has 1 aliphatic rings. The van der Waals surface area contributed by atoms with Crippen molar-refractivity contribution in [2.75, 3.05) is 13.2 Å². The largest absolute Gasteiger partial charge is 0.449 e. The highest BCUT2D eigenvalue weighted by molar-refractivity contribution is 5.74. The maximum absolute atomic E-state index is 11.7. The lowest BCUT2D eigenvalue weighted by molar-refractivity contribution is 0.0725. The molecular formula is C12H18N2O4. The van der Waals surface area contributed by atoms with Crippen LogP contribution in [0, 0.1) is 0 Å².